The maximum Gasteiger partial charge on any atom is 0.239 e. The van der Waals surface area contributed by atoms with Crippen LogP contribution in [0, 0.1) is 5.82 Å². The van der Waals surface area contributed by atoms with Crippen molar-refractivity contribution in [3.63, 3.8) is 0 Å². The first-order valence-corrected chi connectivity index (χ1v) is 8.79. The molecule has 144 valence electrons. The molecule has 1 N–H and O–H groups in total. The highest BCUT2D eigenvalue weighted by atomic mass is 35.5. The van der Waals surface area contributed by atoms with Crippen LogP contribution in [0.4, 0.5) is 10.2 Å². The van der Waals surface area contributed by atoms with Crippen molar-refractivity contribution < 1.29 is 13.9 Å². The summed E-state index contributed by atoms with van der Waals surface area (Å²) in [6.45, 7) is 1.52. The molecule has 0 atom stereocenters. The highest BCUT2D eigenvalue weighted by Crippen LogP contribution is 2.23. The van der Waals surface area contributed by atoms with Crippen LogP contribution in [0.1, 0.15) is 5.69 Å². The number of amides is 1. The van der Waals surface area contributed by atoms with E-state index in [0.717, 1.165) is 4.20 Å². The predicted octanol–water partition coefficient (Wildman–Crippen LogP) is 1.39. The molecule has 11 heteroatoms. The van der Waals surface area contributed by atoms with E-state index >= 15 is 0 Å². The van der Waals surface area contributed by atoms with Crippen molar-refractivity contribution in [1.29, 1.82) is 0 Å². The molecule has 1 aliphatic heterocycles. The van der Waals surface area contributed by atoms with Gasteiger partial charge in [0.1, 0.15) is 23.8 Å². The molecule has 9 nitrogen and oxygen atoms in total. The zero-order chi connectivity index (χ0) is 19.5. The Labute approximate surface area is 164 Å². The number of hydrogen-bond donors (Lipinski definition) is 1. The van der Waals surface area contributed by atoms with Gasteiger partial charge in [-0.15, -0.1) is 15.3 Å². The number of anilines is 1. The fraction of sp³-hybridized carbons (Fsp3) is 0.235. The topological polar surface area (TPSA) is 98.1 Å². The van der Waals surface area contributed by atoms with Crippen LogP contribution < -0.4 is 15.0 Å². The molecule has 28 heavy (non-hydrogen) atoms. The predicted molar refractivity (Wildman–Crippen MR) is 98.3 cm³/mol. The Morgan fingerprint density at radius 2 is 1.96 bits per heavy atom. The number of piperazine rings is 1. The summed E-state index contributed by atoms with van der Waals surface area (Å²) in [5.74, 6) is 0.484. The van der Waals surface area contributed by atoms with Crippen molar-refractivity contribution in [3.05, 3.63) is 47.9 Å². The fourth-order valence-corrected chi connectivity index (χ4v) is 2.93. The molecule has 1 saturated heterocycles. The summed E-state index contributed by atoms with van der Waals surface area (Å²) < 4.78 is 19.9. The third-order valence-corrected chi connectivity index (χ3v) is 4.45. The number of ether oxygens (including phenoxy) is 1. The minimum Gasteiger partial charge on any atom is -0.470 e. The Morgan fingerprint density at radius 1 is 1.14 bits per heavy atom. The molecule has 0 saturated carbocycles. The fourth-order valence-electron chi connectivity index (χ4n) is 2.77. The van der Waals surface area contributed by atoms with Gasteiger partial charge in [-0.25, -0.2) is 4.39 Å². The van der Waals surface area contributed by atoms with E-state index in [1.165, 1.54) is 12.1 Å². The van der Waals surface area contributed by atoms with Crippen LogP contribution in [0.25, 0.3) is 11.3 Å². The summed E-state index contributed by atoms with van der Waals surface area (Å²) in [6, 6.07) is 9.23. The Kier molecular flexibility index (Phi) is 5.02. The molecular weight excluding hydrogens is 389 g/mol. The molecule has 1 aliphatic rings. The molecule has 2 aromatic heterocycles. The van der Waals surface area contributed by atoms with E-state index in [2.05, 4.69) is 25.8 Å². The first-order chi connectivity index (χ1) is 13.6. The SMILES string of the molecule is O=C1CN(c2ccc(OCc3c(-c4ccc(F)cc4)nnn3Cl)nn2)CCN1. The van der Waals surface area contributed by atoms with E-state index in [1.807, 2.05) is 4.90 Å². The highest BCUT2D eigenvalue weighted by molar-refractivity contribution is 6.15. The monoisotopic (exact) mass is 403 g/mol. The molecule has 3 aromatic rings. The van der Waals surface area contributed by atoms with Gasteiger partial charge in [-0.1, -0.05) is 0 Å². The molecule has 0 radical (unpaired) electrons. The van der Waals surface area contributed by atoms with Crippen LogP contribution in [0.15, 0.2) is 36.4 Å². The van der Waals surface area contributed by atoms with Crippen molar-refractivity contribution in [2.45, 2.75) is 6.61 Å². The van der Waals surface area contributed by atoms with Gasteiger partial charge in [0.2, 0.25) is 11.8 Å². The summed E-state index contributed by atoms with van der Waals surface area (Å²) in [7, 11) is 0. The number of hydrogen-bond acceptors (Lipinski definition) is 7. The Hall–Kier alpha value is -3.27. The maximum absolute atomic E-state index is 13.1. The Bertz CT molecular complexity index is 978. The summed E-state index contributed by atoms with van der Waals surface area (Å²) in [5, 5.41) is 18.7. The molecule has 0 aliphatic carbocycles. The lowest BCUT2D eigenvalue weighted by Crippen LogP contribution is -2.48. The van der Waals surface area contributed by atoms with Crippen LogP contribution in [-0.4, -0.2) is 50.3 Å². The Balaban J connectivity index is 1.45. The normalized spacial score (nSPS) is 14.1. The molecular formula is C17H15ClFN7O2. The molecule has 1 amide bonds. The molecule has 1 fully saturated rings. The van der Waals surface area contributed by atoms with Crippen LogP contribution in [0.3, 0.4) is 0 Å². The summed E-state index contributed by atoms with van der Waals surface area (Å²) >= 11 is 6.04. The van der Waals surface area contributed by atoms with Crippen LogP contribution in [-0.2, 0) is 11.4 Å². The van der Waals surface area contributed by atoms with Gasteiger partial charge in [-0.3, -0.25) is 4.79 Å². The molecule has 0 unspecified atom stereocenters. The number of carbonyl (C=O) groups is 1. The number of benzene rings is 1. The van der Waals surface area contributed by atoms with Crippen molar-refractivity contribution in [1.82, 2.24) is 30.0 Å². The standard InChI is InChI=1S/C17H15ClFN7O2/c18-26-13(17(23-24-26)11-1-3-12(19)4-2-11)10-28-16-6-5-14(21-22-16)25-8-7-20-15(27)9-25/h1-6H,7-10H2,(H,20,27). The van der Waals surface area contributed by atoms with Crippen molar-refractivity contribution in [3.8, 4) is 17.1 Å². The quantitative estimate of drug-likeness (QED) is 0.687. The number of nitrogens with zero attached hydrogens (tertiary/aromatic N) is 6. The minimum absolute atomic E-state index is 0.0450. The third-order valence-electron chi connectivity index (χ3n) is 4.18. The van der Waals surface area contributed by atoms with Crippen LogP contribution in [0.5, 0.6) is 5.88 Å². The van der Waals surface area contributed by atoms with E-state index in [0.29, 0.717) is 35.9 Å². The molecule has 3 heterocycles. The van der Waals surface area contributed by atoms with Gasteiger partial charge >= 0.3 is 0 Å². The van der Waals surface area contributed by atoms with Gasteiger partial charge in [0, 0.05) is 36.5 Å². The number of halogens is 2. The number of aromatic nitrogens is 5. The van der Waals surface area contributed by atoms with E-state index < -0.39 is 0 Å². The van der Waals surface area contributed by atoms with Gasteiger partial charge < -0.3 is 15.0 Å². The zero-order valence-electron chi connectivity index (χ0n) is 14.5. The van der Waals surface area contributed by atoms with Crippen molar-refractivity contribution in [2.24, 2.45) is 0 Å². The van der Waals surface area contributed by atoms with E-state index in [4.69, 9.17) is 16.5 Å². The highest BCUT2D eigenvalue weighted by Gasteiger charge is 2.18. The van der Waals surface area contributed by atoms with Gasteiger partial charge in [0.05, 0.1) is 6.54 Å². The third kappa shape index (κ3) is 3.86. The number of carbonyl (C=O) groups excluding carboxylic acids is 1. The van der Waals surface area contributed by atoms with Crippen molar-refractivity contribution >= 4 is 23.5 Å². The van der Waals surface area contributed by atoms with E-state index in [9.17, 15) is 9.18 Å². The van der Waals surface area contributed by atoms with Crippen LogP contribution in [0.2, 0.25) is 0 Å². The summed E-state index contributed by atoms with van der Waals surface area (Å²) in [6.07, 6.45) is 0. The second-order valence-corrected chi connectivity index (χ2v) is 6.36. The van der Waals surface area contributed by atoms with E-state index in [-0.39, 0.29) is 30.8 Å². The molecule has 0 spiro atoms. The molecule has 1 aromatic carbocycles. The van der Waals surface area contributed by atoms with Gasteiger partial charge in [-0.2, -0.15) is 4.20 Å². The number of rotatable bonds is 5. The second kappa shape index (κ2) is 7.77. The van der Waals surface area contributed by atoms with Gasteiger partial charge in [-0.05, 0) is 35.5 Å². The second-order valence-electron chi connectivity index (χ2n) is 6.04. The lowest BCUT2D eigenvalue weighted by atomic mass is 10.1. The van der Waals surface area contributed by atoms with Gasteiger partial charge in [0.15, 0.2) is 5.82 Å². The van der Waals surface area contributed by atoms with Crippen LogP contribution >= 0.6 is 11.8 Å². The smallest absolute Gasteiger partial charge is 0.239 e. The Morgan fingerprint density at radius 3 is 2.68 bits per heavy atom. The molecule has 4 rings (SSSR count). The minimum atomic E-state index is -0.346. The lowest BCUT2D eigenvalue weighted by Gasteiger charge is -2.26. The largest absolute Gasteiger partial charge is 0.470 e. The summed E-state index contributed by atoms with van der Waals surface area (Å²) in [4.78, 5) is 13.3. The molecule has 0 bridgehead atoms. The van der Waals surface area contributed by atoms with Crippen molar-refractivity contribution in [2.75, 3.05) is 24.5 Å². The zero-order valence-corrected chi connectivity index (χ0v) is 15.3. The maximum atomic E-state index is 13.1. The van der Waals surface area contributed by atoms with Gasteiger partial charge in [0.25, 0.3) is 0 Å². The average molecular weight is 404 g/mol. The summed E-state index contributed by atoms with van der Waals surface area (Å²) in [5.41, 5.74) is 1.64. The van der Waals surface area contributed by atoms with E-state index in [1.54, 1.807) is 24.3 Å². The average Bonchev–Trinajstić information content (AvgIpc) is 3.08. The first-order valence-electron chi connectivity index (χ1n) is 8.45. The lowest BCUT2D eigenvalue weighted by molar-refractivity contribution is -0.120. The first kappa shape index (κ1) is 18.1. The number of nitrogens with one attached hydrogen (secondary N) is 1.